The molecule has 0 spiro atoms. The first-order valence-electron chi connectivity index (χ1n) is 16.7. The van der Waals surface area contributed by atoms with E-state index in [0.29, 0.717) is 17.7 Å². The number of benzene rings is 3. The molecule has 0 radical (unpaired) electrons. The van der Waals surface area contributed by atoms with Crippen molar-refractivity contribution in [2.75, 3.05) is 44.2 Å². The monoisotopic (exact) mass is 637 g/mol. The molecule has 2 atom stereocenters. The van der Waals surface area contributed by atoms with E-state index in [-0.39, 0.29) is 17.9 Å². The van der Waals surface area contributed by atoms with Gasteiger partial charge in [0.15, 0.2) is 0 Å². The van der Waals surface area contributed by atoms with Gasteiger partial charge in [-0.05, 0) is 111 Å². The van der Waals surface area contributed by atoms with Crippen LogP contribution < -0.4 is 4.90 Å². The van der Waals surface area contributed by atoms with Gasteiger partial charge < -0.3 is 14.7 Å². The number of carbonyl (C=O) groups is 1. The number of amides is 1. The second-order valence-corrected chi connectivity index (χ2v) is 13.2. The van der Waals surface area contributed by atoms with E-state index >= 15 is 0 Å². The maximum absolute atomic E-state index is 14.5. The zero-order valence-electron chi connectivity index (χ0n) is 26.3. The lowest BCUT2D eigenvalue weighted by molar-refractivity contribution is -0.137. The van der Waals surface area contributed by atoms with Gasteiger partial charge in [0.25, 0.3) is 5.91 Å². The molecule has 0 bridgehead atoms. The molecule has 4 aromatic rings. The minimum atomic E-state index is -4.36. The summed E-state index contributed by atoms with van der Waals surface area (Å²) in [6, 6.07) is 23.2. The molecule has 3 aromatic carbocycles. The Morgan fingerprint density at radius 2 is 1.57 bits per heavy atom. The van der Waals surface area contributed by atoms with Crippen LogP contribution in [0.3, 0.4) is 0 Å². The lowest BCUT2D eigenvalue weighted by atomic mass is 9.90. The number of hydrogen-bond donors (Lipinski definition) is 0. The van der Waals surface area contributed by atoms with Gasteiger partial charge in [-0.25, -0.2) is 4.98 Å². The topological polar surface area (TPSA) is 63.5 Å². The third kappa shape index (κ3) is 6.57. The van der Waals surface area contributed by atoms with E-state index in [1.165, 1.54) is 25.0 Å². The molecule has 0 N–H and O–H groups in total. The normalized spacial score (nSPS) is 20.6. The number of piperidine rings is 1. The van der Waals surface area contributed by atoms with Gasteiger partial charge in [-0.3, -0.25) is 4.79 Å². The number of anilines is 1. The van der Waals surface area contributed by atoms with Gasteiger partial charge in [0.1, 0.15) is 5.82 Å². The van der Waals surface area contributed by atoms with Gasteiger partial charge in [0.2, 0.25) is 0 Å². The van der Waals surface area contributed by atoms with Crippen molar-refractivity contribution in [3.05, 3.63) is 95.1 Å². The molecule has 6 nitrogen and oxygen atoms in total. The summed E-state index contributed by atoms with van der Waals surface area (Å²) in [4.78, 5) is 26.3. The average molecular weight is 638 g/mol. The van der Waals surface area contributed by atoms with Crippen molar-refractivity contribution in [1.29, 1.82) is 5.26 Å². The number of nitriles is 1. The van der Waals surface area contributed by atoms with Crippen molar-refractivity contribution in [2.24, 2.45) is 0 Å². The SMILES string of the molecule is N#Cc1ccc(-c2ccc3nc(N4CCCC(c5ccc(C(F)(F)F)cc5)C4)cc(C(=O)N4CCC[C@H]4CN4CCCC4)c3c2)cc1. The summed E-state index contributed by atoms with van der Waals surface area (Å²) >= 11 is 0. The molecule has 3 aliphatic rings. The second kappa shape index (κ2) is 13.0. The van der Waals surface area contributed by atoms with Gasteiger partial charge in [-0.1, -0.05) is 30.3 Å². The van der Waals surface area contributed by atoms with Crippen molar-refractivity contribution >= 4 is 22.6 Å². The number of alkyl halides is 3. The number of carbonyl (C=O) groups excluding carboxylic acids is 1. The summed E-state index contributed by atoms with van der Waals surface area (Å²) in [5.74, 6) is 0.803. The molecule has 0 saturated carbocycles. The van der Waals surface area contributed by atoms with Crippen LogP contribution in [0, 0.1) is 11.3 Å². The van der Waals surface area contributed by atoms with Crippen LogP contribution in [0.4, 0.5) is 19.0 Å². The molecule has 9 heteroatoms. The third-order valence-corrected chi connectivity index (χ3v) is 10.1. The van der Waals surface area contributed by atoms with Crippen LogP contribution in [-0.4, -0.2) is 66.0 Å². The molecule has 7 rings (SSSR count). The standard InChI is InChI=1S/C38H38F3N5O/c39-38(40,41)31-14-11-28(12-15-31)30-5-3-19-45(24-30)36-22-34(37(47)46-20-4-6-32(46)25-44-17-1-2-18-44)33-21-29(13-16-35(33)43-36)27-9-7-26(23-42)8-10-27/h7-16,21-22,30,32H,1-6,17-20,24-25H2/t30?,32-/m0/s1. The maximum atomic E-state index is 14.5. The minimum Gasteiger partial charge on any atom is -0.356 e. The van der Waals surface area contributed by atoms with Gasteiger partial charge >= 0.3 is 6.18 Å². The van der Waals surface area contributed by atoms with Crippen molar-refractivity contribution in [2.45, 2.75) is 56.7 Å². The Morgan fingerprint density at radius 1 is 0.851 bits per heavy atom. The fourth-order valence-electron chi connectivity index (χ4n) is 7.58. The van der Waals surface area contributed by atoms with Crippen LogP contribution in [0.25, 0.3) is 22.0 Å². The molecular formula is C38H38F3N5O. The molecule has 1 aromatic heterocycles. The first-order valence-corrected chi connectivity index (χ1v) is 16.7. The molecule has 4 heterocycles. The Morgan fingerprint density at radius 3 is 2.30 bits per heavy atom. The number of fused-ring (bicyclic) bond motifs is 1. The van der Waals surface area contributed by atoms with Crippen molar-refractivity contribution in [1.82, 2.24) is 14.8 Å². The zero-order valence-corrected chi connectivity index (χ0v) is 26.3. The Hall–Kier alpha value is -4.42. The molecule has 47 heavy (non-hydrogen) atoms. The molecule has 1 amide bonds. The highest BCUT2D eigenvalue weighted by Crippen LogP contribution is 2.36. The Bertz CT molecular complexity index is 1790. The Labute approximate surface area is 273 Å². The van der Waals surface area contributed by atoms with Crippen LogP contribution in [0.1, 0.15) is 71.5 Å². The fourth-order valence-corrected chi connectivity index (χ4v) is 7.58. The van der Waals surface area contributed by atoms with E-state index in [1.807, 2.05) is 36.4 Å². The summed E-state index contributed by atoms with van der Waals surface area (Å²) in [5, 5.41) is 10.1. The molecule has 3 fully saturated rings. The maximum Gasteiger partial charge on any atom is 0.416 e. The largest absolute Gasteiger partial charge is 0.416 e. The predicted octanol–water partition coefficient (Wildman–Crippen LogP) is 7.88. The summed E-state index contributed by atoms with van der Waals surface area (Å²) in [6.07, 6.45) is 1.78. The highest BCUT2D eigenvalue weighted by Gasteiger charge is 2.34. The fraction of sp³-hybridized carbons (Fsp3) is 0.395. The summed E-state index contributed by atoms with van der Waals surface area (Å²) < 4.78 is 39.6. The number of likely N-dealkylation sites (tertiary alicyclic amines) is 2. The quantitative estimate of drug-likeness (QED) is 0.215. The van der Waals surface area contributed by atoms with Crippen molar-refractivity contribution in [3.8, 4) is 17.2 Å². The molecule has 3 aliphatic heterocycles. The van der Waals surface area contributed by atoms with E-state index < -0.39 is 11.7 Å². The predicted molar refractivity (Wildman–Crippen MR) is 177 cm³/mol. The Balaban J connectivity index is 1.24. The summed E-state index contributed by atoms with van der Waals surface area (Å²) in [5.41, 5.74) is 4.09. The van der Waals surface area contributed by atoms with Crippen LogP contribution >= 0.6 is 0 Å². The molecule has 3 saturated heterocycles. The van der Waals surface area contributed by atoms with E-state index in [1.54, 1.807) is 24.3 Å². The number of pyridine rings is 1. The summed E-state index contributed by atoms with van der Waals surface area (Å²) in [7, 11) is 0. The number of rotatable bonds is 6. The van der Waals surface area contributed by atoms with Crippen LogP contribution in [-0.2, 0) is 6.18 Å². The van der Waals surface area contributed by atoms with Gasteiger partial charge in [-0.15, -0.1) is 0 Å². The summed E-state index contributed by atoms with van der Waals surface area (Å²) in [6.45, 7) is 5.17. The van der Waals surface area contributed by atoms with Gasteiger partial charge in [0, 0.05) is 43.5 Å². The van der Waals surface area contributed by atoms with E-state index in [0.717, 1.165) is 91.8 Å². The second-order valence-electron chi connectivity index (χ2n) is 13.2. The molecule has 1 unspecified atom stereocenters. The smallest absolute Gasteiger partial charge is 0.356 e. The molecule has 242 valence electrons. The van der Waals surface area contributed by atoms with Crippen LogP contribution in [0.5, 0.6) is 0 Å². The van der Waals surface area contributed by atoms with Crippen LogP contribution in [0.2, 0.25) is 0 Å². The van der Waals surface area contributed by atoms with Crippen molar-refractivity contribution < 1.29 is 18.0 Å². The number of nitrogens with zero attached hydrogens (tertiary/aromatic N) is 5. The van der Waals surface area contributed by atoms with E-state index in [4.69, 9.17) is 4.98 Å². The minimum absolute atomic E-state index is 0.0219. The zero-order chi connectivity index (χ0) is 32.5. The number of halogens is 3. The van der Waals surface area contributed by atoms with Gasteiger partial charge in [0.05, 0.1) is 28.3 Å². The van der Waals surface area contributed by atoms with E-state index in [2.05, 4.69) is 20.8 Å². The van der Waals surface area contributed by atoms with Crippen LogP contribution in [0.15, 0.2) is 72.8 Å². The third-order valence-electron chi connectivity index (χ3n) is 10.1. The first kappa shape index (κ1) is 31.2. The highest BCUT2D eigenvalue weighted by atomic mass is 19.4. The lowest BCUT2D eigenvalue weighted by Gasteiger charge is -2.34. The highest BCUT2D eigenvalue weighted by molar-refractivity contribution is 6.08. The molecule has 0 aliphatic carbocycles. The molecular weight excluding hydrogens is 599 g/mol. The first-order chi connectivity index (χ1) is 22.8. The lowest BCUT2D eigenvalue weighted by Crippen LogP contribution is -2.42. The Kier molecular flexibility index (Phi) is 8.63. The van der Waals surface area contributed by atoms with Gasteiger partial charge in [-0.2, -0.15) is 18.4 Å². The number of hydrogen-bond acceptors (Lipinski definition) is 5. The average Bonchev–Trinajstić information content (AvgIpc) is 3.80. The number of aromatic nitrogens is 1. The van der Waals surface area contributed by atoms with Crippen molar-refractivity contribution in [3.63, 3.8) is 0 Å². The van der Waals surface area contributed by atoms with E-state index in [9.17, 15) is 23.2 Å².